The van der Waals surface area contributed by atoms with Crippen molar-refractivity contribution in [3.8, 4) is 11.5 Å². The van der Waals surface area contributed by atoms with Gasteiger partial charge in [-0.1, -0.05) is 6.07 Å². The Bertz CT molecular complexity index is 825. The summed E-state index contributed by atoms with van der Waals surface area (Å²) in [6, 6.07) is 10.2. The zero-order valence-electron chi connectivity index (χ0n) is 13.4. The van der Waals surface area contributed by atoms with E-state index in [1.54, 1.807) is 6.07 Å². The van der Waals surface area contributed by atoms with E-state index in [-0.39, 0.29) is 16.1 Å². The highest BCUT2D eigenvalue weighted by molar-refractivity contribution is 7.92. The number of carbonyl (C=O) groups excluding carboxylic acids is 1. The summed E-state index contributed by atoms with van der Waals surface area (Å²) < 4.78 is 42.3. The van der Waals surface area contributed by atoms with Crippen LogP contribution in [0.2, 0.25) is 0 Å². The maximum absolute atomic E-state index is 12.5. The van der Waals surface area contributed by atoms with Gasteiger partial charge in [0.2, 0.25) is 0 Å². The molecule has 0 spiro atoms. The minimum Gasteiger partial charge on any atom is -0.497 e. The SMILES string of the molecule is COC(=O)c1cccc(S(=O)(=O)Nc2cc(OC)cc(OC)c2)c1. The van der Waals surface area contributed by atoms with Crippen molar-refractivity contribution >= 4 is 21.7 Å². The second kappa shape index (κ2) is 7.22. The number of rotatable bonds is 6. The molecule has 0 radical (unpaired) electrons. The molecule has 8 heteroatoms. The van der Waals surface area contributed by atoms with Crippen LogP contribution in [0.1, 0.15) is 10.4 Å². The number of esters is 1. The Labute approximate surface area is 140 Å². The van der Waals surface area contributed by atoms with E-state index in [2.05, 4.69) is 9.46 Å². The van der Waals surface area contributed by atoms with Crippen LogP contribution in [0.25, 0.3) is 0 Å². The summed E-state index contributed by atoms with van der Waals surface area (Å²) in [5.74, 6) is 0.265. The summed E-state index contributed by atoms with van der Waals surface area (Å²) >= 11 is 0. The van der Waals surface area contributed by atoms with Gasteiger partial charge in [-0.2, -0.15) is 0 Å². The third-order valence-electron chi connectivity index (χ3n) is 3.17. The van der Waals surface area contributed by atoms with Gasteiger partial charge in [0.05, 0.1) is 37.5 Å². The Morgan fingerprint density at radius 1 is 0.958 bits per heavy atom. The summed E-state index contributed by atoms with van der Waals surface area (Å²) in [7, 11) is 0.260. The average Bonchev–Trinajstić information content (AvgIpc) is 2.60. The second-order valence-electron chi connectivity index (χ2n) is 4.73. The van der Waals surface area contributed by atoms with Gasteiger partial charge in [0.25, 0.3) is 10.0 Å². The standard InChI is InChI=1S/C16H17NO6S/c1-21-13-8-12(9-14(10-13)22-2)17-24(19,20)15-6-4-5-11(7-15)16(18)23-3/h4-10,17H,1-3H3. The van der Waals surface area contributed by atoms with E-state index < -0.39 is 16.0 Å². The molecule has 2 rings (SSSR count). The lowest BCUT2D eigenvalue weighted by molar-refractivity contribution is 0.0600. The lowest BCUT2D eigenvalue weighted by Gasteiger charge is -2.12. The number of hydrogen-bond donors (Lipinski definition) is 1. The third kappa shape index (κ3) is 3.96. The van der Waals surface area contributed by atoms with Gasteiger partial charge < -0.3 is 14.2 Å². The van der Waals surface area contributed by atoms with Crippen LogP contribution < -0.4 is 14.2 Å². The molecule has 2 aromatic carbocycles. The molecule has 0 aliphatic carbocycles. The van der Waals surface area contributed by atoms with Gasteiger partial charge in [-0.05, 0) is 18.2 Å². The first-order valence-corrected chi connectivity index (χ1v) is 8.32. The molecule has 1 N–H and O–H groups in total. The van der Waals surface area contributed by atoms with E-state index in [4.69, 9.17) is 9.47 Å². The van der Waals surface area contributed by atoms with Crippen molar-refractivity contribution in [1.82, 2.24) is 0 Å². The molecule has 128 valence electrons. The number of hydrogen-bond acceptors (Lipinski definition) is 6. The van der Waals surface area contributed by atoms with Gasteiger partial charge in [0.1, 0.15) is 11.5 Å². The largest absolute Gasteiger partial charge is 0.497 e. The van der Waals surface area contributed by atoms with Gasteiger partial charge in [0.15, 0.2) is 0 Å². The first-order valence-electron chi connectivity index (χ1n) is 6.84. The van der Waals surface area contributed by atoms with Crippen molar-refractivity contribution in [3.05, 3.63) is 48.0 Å². The molecule has 0 aliphatic heterocycles. The fourth-order valence-corrected chi connectivity index (χ4v) is 3.07. The summed E-state index contributed by atoms with van der Waals surface area (Å²) in [5, 5.41) is 0. The van der Waals surface area contributed by atoms with Crippen molar-refractivity contribution in [2.75, 3.05) is 26.1 Å². The number of carbonyl (C=O) groups is 1. The van der Waals surface area contributed by atoms with E-state index in [1.165, 1.54) is 57.7 Å². The molecule has 0 saturated heterocycles. The van der Waals surface area contributed by atoms with Crippen molar-refractivity contribution in [2.45, 2.75) is 4.90 Å². The fraction of sp³-hybridized carbons (Fsp3) is 0.188. The highest BCUT2D eigenvalue weighted by atomic mass is 32.2. The molecule has 7 nitrogen and oxygen atoms in total. The zero-order chi connectivity index (χ0) is 17.7. The maximum atomic E-state index is 12.5. The van der Waals surface area contributed by atoms with E-state index >= 15 is 0 Å². The Kier molecular flexibility index (Phi) is 5.30. The summed E-state index contributed by atoms with van der Waals surface area (Å²) in [6.45, 7) is 0. The van der Waals surface area contributed by atoms with Crippen LogP contribution in [-0.4, -0.2) is 35.7 Å². The number of nitrogens with one attached hydrogen (secondary N) is 1. The first-order chi connectivity index (χ1) is 11.4. The Morgan fingerprint density at radius 2 is 1.58 bits per heavy atom. The van der Waals surface area contributed by atoms with E-state index in [9.17, 15) is 13.2 Å². The molecule has 0 aromatic heterocycles. The topological polar surface area (TPSA) is 90.9 Å². The fourth-order valence-electron chi connectivity index (χ4n) is 1.99. The Balaban J connectivity index is 2.37. The smallest absolute Gasteiger partial charge is 0.337 e. The molecule has 0 bridgehead atoms. The lowest BCUT2D eigenvalue weighted by Crippen LogP contribution is -2.14. The highest BCUT2D eigenvalue weighted by Gasteiger charge is 2.17. The van der Waals surface area contributed by atoms with Crippen LogP contribution in [0.5, 0.6) is 11.5 Å². The van der Waals surface area contributed by atoms with Gasteiger partial charge in [-0.15, -0.1) is 0 Å². The van der Waals surface area contributed by atoms with Crippen LogP contribution in [-0.2, 0) is 14.8 Å². The van der Waals surface area contributed by atoms with Gasteiger partial charge in [-0.25, -0.2) is 13.2 Å². The molecule has 0 atom stereocenters. The van der Waals surface area contributed by atoms with Crippen molar-refractivity contribution in [3.63, 3.8) is 0 Å². The molecular formula is C16H17NO6S. The monoisotopic (exact) mass is 351 g/mol. The van der Waals surface area contributed by atoms with E-state index in [0.29, 0.717) is 11.5 Å². The van der Waals surface area contributed by atoms with E-state index in [0.717, 1.165) is 0 Å². The van der Waals surface area contributed by atoms with Crippen LogP contribution in [0.3, 0.4) is 0 Å². The van der Waals surface area contributed by atoms with E-state index in [1.807, 2.05) is 0 Å². The molecule has 0 fully saturated rings. The molecule has 24 heavy (non-hydrogen) atoms. The van der Waals surface area contributed by atoms with Crippen LogP contribution in [0, 0.1) is 0 Å². The predicted molar refractivity (Wildman–Crippen MR) is 88.1 cm³/mol. The summed E-state index contributed by atoms with van der Waals surface area (Å²) in [6.07, 6.45) is 0. The number of benzene rings is 2. The average molecular weight is 351 g/mol. The quantitative estimate of drug-likeness (QED) is 0.803. The molecule has 0 saturated carbocycles. The number of anilines is 1. The third-order valence-corrected chi connectivity index (χ3v) is 4.55. The van der Waals surface area contributed by atoms with Crippen LogP contribution in [0.4, 0.5) is 5.69 Å². The molecule has 0 heterocycles. The molecule has 2 aromatic rings. The number of ether oxygens (including phenoxy) is 3. The van der Waals surface area contributed by atoms with Crippen molar-refractivity contribution < 1.29 is 27.4 Å². The highest BCUT2D eigenvalue weighted by Crippen LogP contribution is 2.27. The Hall–Kier alpha value is -2.74. The van der Waals surface area contributed by atoms with Crippen molar-refractivity contribution in [2.24, 2.45) is 0 Å². The zero-order valence-corrected chi connectivity index (χ0v) is 14.2. The molecule has 0 aliphatic rings. The molecule has 0 amide bonds. The molecular weight excluding hydrogens is 334 g/mol. The van der Waals surface area contributed by atoms with Crippen LogP contribution >= 0.6 is 0 Å². The second-order valence-corrected chi connectivity index (χ2v) is 6.41. The van der Waals surface area contributed by atoms with Gasteiger partial charge >= 0.3 is 5.97 Å². The molecule has 0 unspecified atom stereocenters. The predicted octanol–water partition coefficient (Wildman–Crippen LogP) is 2.29. The summed E-state index contributed by atoms with van der Waals surface area (Å²) in [5.41, 5.74) is 0.415. The van der Waals surface area contributed by atoms with Crippen molar-refractivity contribution in [1.29, 1.82) is 0 Å². The minimum absolute atomic E-state index is 0.0628. The maximum Gasteiger partial charge on any atom is 0.337 e. The Morgan fingerprint density at radius 3 is 2.12 bits per heavy atom. The van der Waals surface area contributed by atoms with Gasteiger partial charge in [0, 0.05) is 18.2 Å². The number of methoxy groups -OCH3 is 3. The normalized spacial score (nSPS) is 10.8. The lowest BCUT2D eigenvalue weighted by atomic mass is 10.2. The van der Waals surface area contributed by atoms with Gasteiger partial charge in [-0.3, -0.25) is 4.72 Å². The minimum atomic E-state index is -3.90. The summed E-state index contributed by atoms with van der Waals surface area (Å²) in [4.78, 5) is 11.5. The first kappa shape index (κ1) is 17.6. The van der Waals surface area contributed by atoms with Crippen LogP contribution in [0.15, 0.2) is 47.4 Å². The number of sulfonamides is 1.